The maximum atomic E-state index is 12.7. The van der Waals surface area contributed by atoms with E-state index in [-0.39, 0.29) is 18.2 Å². The van der Waals surface area contributed by atoms with Crippen molar-refractivity contribution in [1.29, 1.82) is 5.26 Å². The van der Waals surface area contributed by atoms with Gasteiger partial charge in [0.1, 0.15) is 11.4 Å². The van der Waals surface area contributed by atoms with Gasteiger partial charge in [-0.25, -0.2) is 4.98 Å². The number of rotatable bonds is 6. The normalized spacial score (nSPS) is 11.9. The molecule has 0 bridgehead atoms. The number of aliphatic hydroxyl groups is 1. The fraction of sp³-hybridized carbons (Fsp3) is 0.174. The number of aromatic nitrogens is 3. The number of hydrogen-bond acceptors (Lipinski definition) is 5. The molecule has 0 aliphatic carbocycles. The summed E-state index contributed by atoms with van der Waals surface area (Å²) >= 11 is 6.26. The summed E-state index contributed by atoms with van der Waals surface area (Å²) in [5.74, 6) is 0.381. The fourth-order valence-electron chi connectivity index (χ4n) is 3.62. The van der Waals surface area contributed by atoms with Gasteiger partial charge in [-0.1, -0.05) is 29.8 Å². The molecule has 0 aliphatic rings. The van der Waals surface area contributed by atoms with Crippen LogP contribution in [0.25, 0.3) is 22.4 Å². The maximum absolute atomic E-state index is 12.7. The van der Waals surface area contributed by atoms with Gasteiger partial charge in [-0.2, -0.15) is 5.26 Å². The molecule has 4 rings (SSSR count). The van der Waals surface area contributed by atoms with Gasteiger partial charge >= 0.3 is 0 Å². The molecule has 156 valence electrons. The van der Waals surface area contributed by atoms with Crippen LogP contribution in [0.15, 0.2) is 53.5 Å². The van der Waals surface area contributed by atoms with Crippen LogP contribution in [-0.4, -0.2) is 32.7 Å². The van der Waals surface area contributed by atoms with Gasteiger partial charge in [0.2, 0.25) is 0 Å². The van der Waals surface area contributed by atoms with Gasteiger partial charge < -0.3 is 20.4 Å². The third-order valence-electron chi connectivity index (χ3n) is 5.11. The lowest BCUT2D eigenvalue weighted by molar-refractivity contribution is 0.274. The number of anilines is 1. The Labute approximate surface area is 183 Å². The minimum absolute atomic E-state index is 0.151. The van der Waals surface area contributed by atoms with E-state index in [1.54, 1.807) is 30.5 Å². The monoisotopic (exact) mass is 433 g/mol. The molecule has 1 atom stereocenters. The smallest absolute Gasteiger partial charge is 0.261 e. The molecule has 2 aromatic heterocycles. The van der Waals surface area contributed by atoms with E-state index in [0.29, 0.717) is 45.1 Å². The number of halogens is 1. The van der Waals surface area contributed by atoms with Crippen molar-refractivity contribution >= 4 is 28.3 Å². The van der Waals surface area contributed by atoms with Crippen molar-refractivity contribution in [3.8, 4) is 17.5 Å². The second kappa shape index (κ2) is 8.64. The zero-order valence-electron chi connectivity index (χ0n) is 16.7. The molecule has 2 heterocycles. The van der Waals surface area contributed by atoms with Crippen LogP contribution in [0, 0.1) is 18.3 Å². The van der Waals surface area contributed by atoms with Crippen molar-refractivity contribution in [2.45, 2.75) is 19.4 Å². The molecule has 7 nitrogen and oxygen atoms in total. The second-order valence-electron chi connectivity index (χ2n) is 7.30. The average molecular weight is 434 g/mol. The van der Waals surface area contributed by atoms with Crippen LogP contribution in [0.3, 0.4) is 0 Å². The summed E-state index contributed by atoms with van der Waals surface area (Å²) in [6, 6.07) is 14.4. The molecule has 0 spiro atoms. The zero-order chi connectivity index (χ0) is 22.0. The number of pyridine rings is 1. The maximum Gasteiger partial charge on any atom is 0.261 e. The number of nitrogens with one attached hydrogen (secondary N) is 3. The third kappa shape index (κ3) is 4.17. The first-order valence-corrected chi connectivity index (χ1v) is 10.1. The highest BCUT2D eigenvalue weighted by Crippen LogP contribution is 2.27. The standard InChI is InChI=1S/C23H20ClN5O2/c1-13-8-14(11-25)9-19-21(13)29-22(28-19)20-18(6-7-26-23(20)31)27-16(12-30)10-15-4-2-3-5-17(15)24/h2-9,16,30H,10,12H2,1H3,(H,28,29)(H2,26,27,31)/t16-/m0/s1. The van der Waals surface area contributed by atoms with E-state index in [1.807, 2.05) is 25.1 Å². The summed E-state index contributed by atoms with van der Waals surface area (Å²) in [6.45, 7) is 1.72. The highest BCUT2D eigenvalue weighted by molar-refractivity contribution is 6.31. The molecule has 4 N–H and O–H groups in total. The quantitative estimate of drug-likeness (QED) is 0.369. The molecule has 4 aromatic rings. The SMILES string of the molecule is Cc1cc(C#N)cc2[nH]c(-c3c(N[C@H](CO)Cc4ccccc4Cl)cc[nH]c3=O)nc12. The largest absolute Gasteiger partial charge is 0.394 e. The number of aryl methyl sites for hydroxylation is 1. The Bertz CT molecular complexity index is 1350. The first-order valence-electron chi connectivity index (χ1n) is 9.73. The van der Waals surface area contributed by atoms with E-state index in [4.69, 9.17) is 11.6 Å². The summed E-state index contributed by atoms with van der Waals surface area (Å²) < 4.78 is 0. The molecule has 0 amide bonds. The predicted molar refractivity (Wildman–Crippen MR) is 121 cm³/mol. The topological polar surface area (TPSA) is 118 Å². The van der Waals surface area contributed by atoms with Gasteiger partial charge in [-0.05, 0) is 48.7 Å². The van der Waals surface area contributed by atoms with Crippen LogP contribution in [0.2, 0.25) is 5.02 Å². The van der Waals surface area contributed by atoms with E-state index in [2.05, 4.69) is 26.3 Å². The molecular weight excluding hydrogens is 414 g/mol. The summed E-state index contributed by atoms with van der Waals surface area (Å²) in [4.78, 5) is 23.1. The van der Waals surface area contributed by atoms with E-state index in [1.165, 1.54) is 0 Å². The molecule has 0 saturated carbocycles. The van der Waals surface area contributed by atoms with E-state index >= 15 is 0 Å². The molecule has 8 heteroatoms. The van der Waals surface area contributed by atoms with Gasteiger partial charge in [-0.15, -0.1) is 0 Å². The molecule has 2 aromatic carbocycles. The second-order valence-corrected chi connectivity index (χ2v) is 7.71. The van der Waals surface area contributed by atoms with Gasteiger partial charge in [-0.3, -0.25) is 4.79 Å². The number of aromatic amines is 2. The Morgan fingerprint density at radius 2 is 2.10 bits per heavy atom. The summed E-state index contributed by atoms with van der Waals surface area (Å²) in [6.07, 6.45) is 2.02. The van der Waals surface area contributed by atoms with Crippen molar-refractivity contribution in [1.82, 2.24) is 15.0 Å². The highest BCUT2D eigenvalue weighted by atomic mass is 35.5. The van der Waals surface area contributed by atoms with Crippen LogP contribution in [-0.2, 0) is 6.42 Å². The predicted octanol–water partition coefficient (Wildman–Crippen LogP) is 3.77. The van der Waals surface area contributed by atoms with E-state index < -0.39 is 0 Å². The average Bonchev–Trinajstić information content (AvgIpc) is 3.19. The summed E-state index contributed by atoms with van der Waals surface area (Å²) in [5.41, 5.74) is 4.16. The summed E-state index contributed by atoms with van der Waals surface area (Å²) in [7, 11) is 0. The van der Waals surface area contributed by atoms with Crippen molar-refractivity contribution < 1.29 is 5.11 Å². The molecular formula is C23H20ClN5O2. The number of imidazole rings is 1. The lowest BCUT2D eigenvalue weighted by Gasteiger charge is -2.19. The Hall–Kier alpha value is -3.60. The molecule has 0 aliphatic heterocycles. The number of nitrogens with zero attached hydrogens (tertiary/aromatic N) is 2. The molecule has 0 saturated heterocycles. The number of fused-ring (bicyclic) bond motifs is 1. The van der Waals surface area contributed by atoms with Crippen molar-refractivity contribution in [3.63, 3.8) is 0 Å². The number of benzene rings is 2. The van der Waals surface area contributed by atoms with Crippen molar-refractivity contribution in [2.24, 2.45) is 0 Å². The lowest BCUT2D eigenvalue weighted by Crippen LogP contribution is -2.28. The van der Waals surface area contributed by atoms with Crippen LogP contribution < -0.4 is 10.9 Å². The zero-order valence-corrected chi connectivity index (χ0v) is 17.5. The molecule has 0 radical (unpaired) electrons. The number of hydrogen-bond donors (Lipinski definition) is 4. The molecule has 31 heavy (non-hydrogen) atoms. The first-order chi connectivity index (χ1) is 15.0. The van der Waals surface area contributed by atoms with Crippen LogP contribution in [0.5, 0.6) is 0 Å². The first kappa shape index (κ1) is 20.7. The van der Waals surface area contributed by atoms with Crippen molar-refractivity contribution in [2.75, 3.05) is 11.9 Å². The summed E-state index contributed by atoms with van der Waals surface area (Å²) in [5, 5.41) is 23.0. The highest BCUT2D eigenvalue weighted by Gasteiger charge is 2.18. The number of nitriles is 1. The number of H-pyrrole nitrogens is 2. The van der Waals surface area contributed by atoms with Gasteiger partial charge in [0, 0.05) is 11.2 Å². The van der Waals surface area contributed by atoms with Gasteiger partial charge in [0.05, 0.1) is 41.0 Å². The minimum atomic E-state index is -0.364. The van der Waals surface area contributed by atoms with Crippen LogP contribution in [0.4, 0.5) is 5.69 Å². The van der Waals surface area contributed by atoms with Crippen LogP contribution >= 0.6 is 11.6 Å². The Morgan fingerprint density at radius 3 is 2.84 bits per heavy atom. The minimum Gasteiger partial charge on any atom is -0.394 e. The van der Waals surface area contributed by atoms with E-state index in [9.17, 15) is 15.2 Å². The van der Waals surface area contributed by atoms with E-state index in [0.717, 1.165) is 11.1 Å². The van der Waals surface area contributed by atoms with Crippen LogP contribution in [0.1, 0.15) is 16.7 Å². The lowest BCUT2D eigenvalue weighted by atomic mass is 10.1. The van der Waals surface area contributed by atoms with Crippen molar-refractivity contribution in [3.05, 3.63) is 80.7 Å². The Morgan fingerprint density at radius 1 is 1.29 bits per heavy atom. The van der Waals surface area contributed by atoms with Gasteiger partial charge in [0.25, 0.3) is 5.56 Å². The molecule has 0 unspecified atom stereocenters. The third-order valence-corrected chi connectivity index (χ3v) is 5.48. The Kier molecular flexibility index (Phi) is 5.76. The Balaban J connectivity index is 1.73. The molecule has 0 fully saturated rings. The van der Waals surface area contributed by atoms with Gasteiger partial charge in [0.15, 0.2) is 0 Å². The fourth-order valence-corrected chi connectivity index (χ4v) is 3.83. The number of aliphatic hydroxyl groups excluding tert-OH is 1.